The number of likely N-dealkylation sites (tertiary alicyclic amines) is 1. The average molecular weight is 198 g/mol. The van der Waals surface area contributed by atoms with Crippen molar-refractivity contribution in [2.45, 2.75) is 0 Å². The molecule has 1 aliphatic heterocycles. The summed E-state index contributed by atoms with van der Waals surface area (Å²) in [4.78, 5) is 2.24. The molecule has 0 atom stereocenters. The van der Waals surface area contributed by atoms with E-state index in [2.05, 4.69) is 18.2 Å². The van der Waals surface area contributed by atoms with Gasteiger partial charge < -0.3 is 10.0 Å². The monoisotopic (exact) mass is 197 g/mol. The molecule has 0 radical (unpaired) electrons. The molecule has 1 fully saturated rings. The summed E-state index contributed by atoms with van der Waals surface area (Å²) in [5.74, 6) is 1.09. The van der Waals surface area contributed by atoms with Gasteiger partial charge in [0.2, 0.25) is 0 Å². The lowest BCUT2D eigenvalue weighted by molar-refractivity contribution is -0.00588. The van der Waals surface area contributed by atoms with Crippen molar-refractivity contribution in [2.75, 3.05) is 38.8 Å². The van der Waals surface area contributed by atoms with Crippen molar-refractivity contribution in [1.29, 1.82) is 0 Å². The Hall–Kier alpha value is 0.560. The molecular weight excluding hydrogens is 182 g/mol. The van der Waals surface area contributed by atoms with Crippen LogP contribution in [0.4, 0.5) is 0 Å². The normalized spacial score (nSPS) is 22.1. The van der Waals surface area contributed by atoms with Crippen LogP contribution in [0.5, 0.6) is 0 Å². The van der Waals surface area contributed by atoms with Crippen LogP contribution in [-0.2, 0) is 0 Å². The van der Waals surface area contributed by atoms with Crippen molar-refractivity contribution < 1.29 is 5.11 Å². The second-order valence-electron chi connectivity index (χ2n) is 3.26. The number of nitrogens with zero attached hydrogens (tertiary/aromatic N) is 1. The van der Waals surface area contributed by atoms with Crippen LogP contribution >= 0.6 is 24.2 Å². The zero-order valence-electron chi connectivity index (χ0n) is 7.04. The Bertz CT molecular complexity index is 111. The number of thioether (sulfide) groups is 1. The van der Waals surface area contributed by atoms with Gasteiger partial charge in [0.25, 0.3) is 0 Å². The van der Waals surface area contributed by atoms with Crippen molar-refractivity contribution in [3.8, 4) is 0 Å². The highest BCUT2D eigenvalue weighted by Gasteiger charge is 2.39. The fourth-order valence-corrected chi connectivity index (χ4v) is 2.53. The Morgan fingerprint density at radius 1 is 1.55 bits per heavy atom. The zero-order chi connectivity index (χ0) is 7.61. The molecule has 0 aromatic rings. The maximum absolute atomic E-state index is 9.05. The van der Waals surface area contributed by atoms with Crippen LogP contribution in [0.3, 0.4) is 0 Å². The first-order valence-electron chi connectivity index (χ1n) is 3.51. The first-order valence-corrected chi connectivity index (χ1v) is 4.90. The topological polar surface area (TPSA) is 23.5 Å². The Labute approximate surface area is 78.8 Å². The molecule has 1 N–H and O–H groups in total. The molecule has 0 bridgehead atoms. The third-order valence-corrected chi connectivity index (χ3v) is 2.90. The van der Waals surface area contributed by atoms with Crippen molar-refractivity contribution in [3.63, 3.8) is 0 Å². The largest absolute Gasteiger partial charge is 0.396 e. The third kappa shape index (κ3) is 2.51. The first kappa shape index (κ1) is 11.6. The van der Waals surface area contributed by atoms with Gasteiger partial charge in [0, 0.05) is 24.3 Å². The predicted molar refractivity (Wildman–Crippen MR) is 52.6 cm³/mol. The summed E-state index contributed by atoms with van der Waals surface area (Å²) in [7, 11) is 2.09. The molecule has 1 aliphatic rings. The fourth-order valence-electron chi connectivity index (χ4n) is 1.64. The zero-order valence-corrected chi connectivity index (χ0v) is 8.67. The molecule has 0 aromatic carbocycles. The molecule has 0 saturated carbocycles. The van der Waals surface area contributed by atoms with E-state index in [0.717, 1.165) is 18.8 Å². The number of hydrogen-bond donors (Lipinski definition) is 1. The minimum absolute atomic E-state index is 0. The van der Waals surface area contributed by atoms with E-state index >= 15 is 0 Å². The highest BCUT2D eigenvalue weighted by Crippen LogP contribution is 2.31. The highest BCUT2D eigenvalue weighted by atomic mass is 35.5. The lowest BCUT2D eigenvalue weighted by Crippen LogP contribution is -2.57. The molecule has 0 aliphatic carbocycles. The molecule has 0 unspecified atom stereocenters. The number of halogens is 1. The summed E-state index contributed by atoms with van der Waals surface area (Å²) in [6.07, 6.45) is 2.09. The second-order valence-corrected chi connectivity index (χ2v) is 4.13. The van der Waals surface area contributed by atoms with Crippen LogP contribution in [0.2, 0.25) is 0 Å². The Balaban J connectivity index is 0.000001000. The van der Waals surface area contributed by atoms with Crippen molar-refractivity contribution in [1.82, 2.24) is 4.90 Å². The summed E-state index contributed by atoms with van der Waals surface area (Å²) in [6, 6.07) is 0. The van der Waals surface area contributed by atoms with Crippen molar-refractivity contribution in [2.24, 2.45) is 5.41 Å². The van der Waals surface area contributed by atoms with Gasteiger partial charge >= 0.3 is 0 Å². The Morgan fingerprint density at radius 3 is 2.36 bits per heavy atom. The van der Waals surface area contributed by atoms with Gasteiger partial charge in [-0.05, 0) is 13.3 Å². The van der Waals surface area contributed by atoms with E-state index in [1.54, 1.807) is 0 Å². The van der Waals surface area contributed by atoms with E-state index < -0.39 is 0 Å². The van der Waals surface area contributed by atoms with Gasteiger partial charge in [-0.2, -0.15) is 11.8 Å². The van der Waals surface area contributed by atoms with Crippen LogP contribution in [0.25, 0.3) is 0 Å². The molecular formula is C7H16ClNOS. The van der Waals surface area contributed by atoms with Gasteiger partial charge in [0.15, 0.2) is 0 Å². The summed E-state index contributed by atoms with van der Waals surface area (Å²) < 4.78 is 0. The number of aliphatic hydroxyl groups excluding tert-OH is 1. The molecule has 0 spiro atoms. The van der Waals surface area contributed by atoms with Gasteiger partial charge in [-0.3, -0.25) is 0 Å². The lowest BCUT2D eigenvalue weighted by atomic mass is 9.83. The predicted octanol–water partition coefficient (Wildman–Crippen LogP) is 0.695. The number of rotatable bonds is 3. The van der Waals surface area contributed by atoms with Crippen molar-refractivity contribution in [3.05, 3.63) is 0 Å². The van der Waals surface area contributed by atoms with Crippen LogP contribution in [0, 0.1) is 5.41 Å². The summed E-state index contributed by atoms with van der Waals surface area (Å²) in [5.41, 5.74) is 0.230. The Kier molecular flexibility index (Phi) is 4.78. The first-order chi connectivity index (χ1) is 4.72. The molecule has 1 saturated heterocycles. The summed E-state index contributed by atoms with van der Waals surface area (Å²) >= 11 is 1.82. The van der Waals surface area contributed by atoms with Gasteiger partial charge in [0.05, 0.1) is 6.61 Å². The van der Waals surface area contributed by atoms with E-state index in [4.69, 9.17) is 5.11 Å². The second kappa shape index (κ2) is 4.55. The van der Waals surface area contributed by atoms with Gasteiger partial charge in [0.1, 0.15) is 0 Å². The molecule has 0 amide bonds. The average Bonchev–Trinajstić information content (AvgIpc) is 1.84. The van der Waals surface area contributed by atoms with Crippen molar-refractivity contribution >= 4 is 24.2 Å². The van der Waals surface area contributed by atoms with E-state index in [-0.39, 0.29) is 17.8 Å². The number of aliphatic hydroxyl groups is 1. The minimum Gasteiger partial charge on any atom is -0.396 e. The maximum atomic E-state index is 9.05. The molecule has 11 heavy (non-hydrogen) atoms. The molecule has 68 valence electrons. The molecule has 1 heterocycles. The third-order valence-electron chi connectivity index (χ3n) is 2.00. The number of hydrogen-bond acceptors (Lipinski definition) is 3. The molecule has 4 heteroatoms. The van der Waals surface area contributed by atoms with Crippen LogP contribution in [0.1, 0.15) is 0 Å². The van der Waals surface area contributed by atoms with Crippen LogP contribution in [0.15, 0.2) is 0 Å². The highest BCUT2D eigenvalue weighted by molar-refractivity contribution is 7.98. The smallest absolute Gasteiger partial charge is 0.0519 e. The standard InChI is InChI=1S/C7H15NOS.ClH/c1-8-3-7(4-8,5-9)6-10-2;/h9H,3-6H2,1-2H3;1H. The van der Waals surface area contributed by atoms with Gasteiger partial charge in [-0.15, -0.1) is 12.4 Å². The van der Waals surface area contributed by atoms with Gasteiger partial charge in [-0.25, -0.2) is 0 Å². The fraction of sp³-hybridized carbons (Fsp3) is 1.00. The van der Waals surface area contributed by atoms with E-state index in [1.165, 1.54) is 0 Å². The van der Waals surface area contributed by atoms with E-state index in [0.29, 0.717) is 6.61 Å². The summed E-state index contributed by atoms with van der Waals surface area (Å²) in [5, 5.41) is 9.05. The molecule has 0 aromatic heterocycles. The lowest BCUT2D eigenvalue weighted by Gasteiger charge is -2.47. The van der Waals surface area contributed by atoms with Crippen LogP contribution in [-0.4, -0.2) is 48.8 Å². The molecule has 2 nitrogen and oxygen atoms in total. The summed E-state index contributed by atoms with van der Waals surface area (Å²) in [6.45, 7) is 2.47. The Morgan fingerprint density at radius 2 is 2.09 bits per heavy atom. The quantitative estimate of drug-likeness (QED) is 0.721. The van der Waals surface area contributed by atoms with E-state index in [1.807, 2.05) is 11.8 Å². The molecule has 1 rings (SSSR count). The minimum atomic E-state index is 0. The van der Waals surface area contributed by atoms with Gasteiger partial charge in [-0.1, -0.05) is 0 Å². The maximum Gasteiger partial charge on any atom is 0.0519 e. The van der Waals surface area contributed by atoms with E-state index in [9.17, 15) is 0 Å². The SMILES string of the molecule is CSCC1(CO)CN(C)C1.Cl. The van der Waals surface area contributed by atoms with Crippen LogP contribution < -0.4 is 0 Å².